The van der Waals surface area contributed by atoms with Crippen molar-refractivity contribution in [2.45, 2.75) is 31.9 Å². The van der Waals surface area contributed by atoms with Gasteiger partial charge in [-0.3, -0.25) is 4.79 Å². The summed E-state index contributed by atoms with van der Waals surface area (Å²) in [5.41, 5.74) is 1.14. The summed E-state index contributed by atoms with van der Waals surface area (Å²) >= 11 is 0. The highest BCUT2D eigenvalue weighted by atomic mass is 16.6. The molecule has 0 aliphatic carbocycles. The summed E-state index contributed by atoms with van der Waals surface area (Å²) < 4.78 is 17.1. The number of fused-ring (bicyclic) bond motifs is 1. The lowest BCUT2D eigenvalue weighted by Gasteiger charge is -2.32. The van der Waals surface area contributed by atoms with E-state index in [1.54, 1.807) is 0 Å². The molecule has 2 unspecified atom stereocenters. The molecule has 1 saturated heterocycles. The first-order valence-corrected chi connectivity index (χ1v) is 9.18. The van der Waals surface area contributed by atoms with Crippen molar-refractivity contribution < 1.29 is 19.0 Å². The van der Waals surface area contributed by atoms with Gasteiger partial charge >= 0.3 is 0 Å². The highest BCUT2D eigenvalue weighted by Crippen LogP contribution is 2.36. The zero-order chi connectivity index (χ0) is 17.9. The fourth-order valence-corrected chi connectivity index (χ4v) is 3.66. The maximum atomic E-state index is 13.1. The molecule has 26 heavy (non-hydrogen) atoms. The molecule has 2 heterocycles. The number of hydrogen-bond acceptors (Lipinski definition) is 4. The van der Waals surface area contributed by atoms with Crippen molar-refractivity contribution in [3.8, 4) is 17.2 Å². The lowest BCUT2D eigenvalue weighted by atomic mass is 10.0. The van der Waals surface area contributed by atoms with Crippen molar-refractivity contribution in [1.82, 2.24) is 4.90 Å². The van der Waals surface area contributed by atoms with Gasteiger partial charge < -0.3 is 19.1 Å². The first-order chi connectivity index (χ1) is 12.8. The maximum absolute atomic E-state index is 13.1. The van der Waals surface area contributed by atoms with E-state index < -0.39 is 6.10 Å². The predicted octanol–water partition coefficient (Wildman–Crippen LogP) is 3.59. The van der Waals surface area contributed by atoms with Crippen molar-refractivity contribution in [3.63, 3.8) is 0 Å². The summed E-state index contributed by atoms with van der Waals surface area (Å²) in [5.74, 6) is 2.18. The van der Waals surface area contributed by atoms with Crippen LogP contribution < -0.4 is 14.2 Å². The van der Waals surface area contributed by atoms with E-state index in [9.17, 15) is 4.79 Å². The van der Waals surface area contributed by atoms with Crippen LogP contribution in [-0.4, -0.2) is 36.7 Å². The molecule has 2 aliphatic rings. The molecule has 5 heteroatoms. The average molecular weight is 353 g/mol. The number of benzene rings is 2. The summed E-state index contributed by atoms with van der Waals surface area (Å²) in [6.07, 6.45) is 1.37. The van der Waals surface area contributed by atoms with Crippen molar-refractivity contribution in [3.05, 3.63) is 54.1 Å². The molecule has 2 atom stereocenters. The van der Waals surface area contributed by atoms with Crippen molar-refractivity contribution in [2.24, 2.45) is 0 Å². The van der Waals surface area contributed by atoms with Gasteiger partial charge in [-0.05, 0) is 49.6 Å². The summed E-state index contributed by atoms with van der Waals surface area (Å²) in [6.45, 7) is 3.62. The maximum Gasteiger partial charge on any atom is 0.267 e. The van der Waals surface area contributed by atoms with Crippen LogP contribution in [0.4, 0.5) is 0 Å². The van der Waals surface area contributed by atoms with Crippen LogP contribution in [0.2, 0.25) is 0 Å². The minimum Gasteiger partial charge on any atom is -0.494 e. The molecule has 0 N–H and O–H groups in total. The van der Waals surface area contributed by atoms with E-state index in [1.807, 2.05) is 48.2 Å². The second-order valence-corrected chi connectivity index (χ2v) is 6.56. The number of nitrogens with zero attached hydrogens (tertiary/aromatic N) is 1. The smallest absolute Gasteiger partial charge is 0.267 e. The first-order valence-electron chi connectivity index (χ1n) is 9.18. The molecule has 4 rings (SSSR count). The molecule has 0 saturated carbocycles. The summed E-state index contributed by atoms with van der Waals surface area (Å²) in [5, 5.41) is 0. The highest BCUT2D eigenvalue weighted by Gasteiger charge is 2.37. The van der Waals surface area contributed by atoms with Crippen LogP contribution >= 0.6 is 0 Å². The van der Waals surface area contributed by atoms with Gasteiger partial charge in [0.25, 0.3) is 5.91 Å². The fraction of sp³-hybridized carbons (Fsp3) is 0.381. The molecule has 0 bridgehead atoms. The first kappa shape index (κ1) is 16.8. The number of carbonyl (C=O) groups is 1. The predicted molar refractivity (Wildman–Crippen MR) is 97.7 cm³/mol. The van der Waals surface area contributed by atoms with Crippen LogP contribution in [0.5, 0.6) is 17.2 Å². The lowest BCUT2D eigenvalue weighted by Crippen LogP contribution is -2.46. The Bertz CT molecular complexity index is 774. The van der Waals surface area contributed by atoms with E-state index in [0.29, 0.717) is 18.1 Å². The topological polar surface area (TPSA) is 48.0 Å². The standard InChI is InChI=1S/C21H23NO4/c1-2-24-16-11-9-15(10-12-16)17-6-5-13-22(17)21(23)20-14-25-18-7-3-4-8-19(18)26-20/h3-4,7-12,17,20H,2,5-6,13-14H2,1H3. The van der Waals surface area contributed by atoms with Crippen LogP contribution in [-0.2, 0) is 4.79 Å². The minimum absolute atomic E-state index is 0.00381. The Hall–Kier alpha value is -2.69. The number of ether oxygens (including phenoxy) is 3. The van der Waals surface area contributed by atoms with Gasteiger partial charge in [0, 0.05) is 6.54 Å². The third-order valence-electron chi connectivity index (χ3n) is 4.90. The Morgan fingerprint density at radius 1 is 1.15 bits per heavy atom. The summed E-state index contributed by atoms with van der Waals surface area (Å²) in [4.78, 5) is 15.0. The molecule has 5 nitrogen and oxygen atoms in total. The zero-order valence-corrected chi connectivity index (χ0v) is 14.9. The molecule has 0 spiro atoms. The van der Waals surface area contributed by atoms with Crippen LogP contribution in [0.1, 0.15) is 31.4 Å². The van der Waals surface area contributed by atoms with Gasteiger partial charge in [-0.15, -0.1) is 0 Å². The van der Waals surface area contributed by atoms with E-state index in [4.69, 9.17) is 14.2 Å². The normalized spacial score (nSPS) is 21.5. The number of hydrogen-bond donors (Lipinski definition) is 0. The third kappa shape index (κ3) is 3.21. The molecule has 136 valence electrons. The average Bonchev–Trinajstić information content (AvgIpc) is 3.17. The van der Waals surface area contributed by atoms with Gasteiger partial charge in [0.15, 0.2) is 11.5 Å². The van der Waals surface area contributed by atoms with Crippen LogP contribution in [0.15, 0.2) is 48.5 Å². The quantitative estimate of drug-likeness (QED) is 0.843. The number of carbonyl (C=O) groups excluding carboxylic acids is 1. The van der Waals surface area contributed by atoms with Gasteiger partial charge in [-0.2, -0.15) is 0 Å². The monoisotopic (exact) mass is 353 g/mol. The Balaban J connectivity index is 1.49. The number of para-hydroxylation sites is 2. The van der Waals surface area contributed by atoms with Gasteiger partial charge in [-0.25, -0.2) is 0 Å². The molecule has 1 fully saturated rings. The van der Waals surface area contributed by atoms with Crippen molar-refractivity contribution in [2.75, 3.05) is 19.8 Å². The van der Waals surface area contributed by atoms with Crippen molar-refractivity contribution >= 4 is 5.91 Å². The third-order valence-corrected chi connectivity index (χ3v) is 4.90. The van der Waals surface area contributed by atoms with Gasteiger partial charge in [0.05, 0.1) is 12.6 Å². The van der Waals surface area contributed by atoms with Gasteiger partial charge in [0.1, 0.15) is 12.4 Å². The van der Waals surface area contributed by atoms with E-state index in [-0.39, 0.29) is 18.6 Å². The minimum atomic E-state index is -0.590. The molecule has 0 aromatic heterocycles. The molecular formula is C21H23NO4. The number of rotatable bonds is 4. The number of amides is 1. The number of likely N-dealkylation sites (tertiary alicyclic amines) is 1. The molecule has 1 amide bonds. The molecule has 2 aliphatic heterocycles. The fourth-order valence-electron chi connectivity index (χ4n) is 3.66. The van der Waals surface area contributed by atoms with E-state index >= 15 is 0 Å². The second-order valence-electron chi connectivity index (χ2n) is 6.56. The Kier molecular flexibility index (Phi) is 4.69. The summed E-state index contributed by atoms with van der Waals surface area (Å²) in [7, 11) is 0. The molecule has 2 aromatic rings. The lowest BCUT2D eigenvalue weighted by molar-refractivity contribution is -0.142. The Morgan fingerprint density at radius 3 is 2.69 bits per heavy atom. The van der Waals surface area contributed by atoms with Gasteiger partial charge in [-0.1, -0.05) is 24.3 Å². The SMILES string of the molecule is CCOc1ccc(C2CCCN2C(=O)C2COc3ccccc3O2)cc1. The largest absolute Gasteiger partial charge is 0.494 e. The van der Waals surface area contributed by atoms with E-state index in [1.165, 1.54) is 0 Å². The molecule has 0 radical (unpaired) electrons. The summed E-state index contributed by atoms with van der Waals surface area (Å²) in [6, 6.07) is 15.6. The second kappa shape index (κ2) is 7.28. The molecule has 2 aromatic carbocycles. The van der Waals surface area contributed by atoms with Crippen LogP contribution in [0.3, 0.4) is 0 Å². The highest BCUT2D eigenvalue weighted by molar-refractivity contribution is 5.82. The molecular weight excluding hydrogens is 330 g/mol. The van der Waals surface area contributed by atoms with Gasteiger partial charge in [0.2, 0.25) is 6.10 Å². The van der Waals surface area contributed by atoms with Crippen LogP contribution in [0.25, 0.3) is 0 Å². The Morgan fingerprint density at radius 2 is 1.92 bits per heavy atom. The Labute approximate surface area is 153 Å². The van der Waals surface area contributed by atoms with Crippen LogP contribution in [0, 0.1) is 0 Å². The zero-order valence-electron chi connectivity index (χ0n) is 14.9. The van der Waals surface area contributed by atoms with Crippen molar-refractivity contribution in [1.29, 1.82) is 0 Å². The van der Waals surface area contributed by atoms with E-state index in [2.05, 4.69) is 12.1 Å². The van der Waals surface area contributed by atoms with E-state index in [0.717, 1.165) is 30.7 Å².